The number of fused-ring (bicyclic) bond motifs is 11. The topological polar surface area (TPSA) is 13.1 Å². The molecule has 0 aliphatic rings. The van der Waals surface area contributed by atoms with E-state index < -0.39 is 0 Å². The first-order valence-corrected chi connectivity index (χ1v) is 17.6. The van der Waals surface area contributed by atoms with Gasteiger partial charge in [-0.2, -0.15) is 0 Å². The summed E-state index contributed by atoms with van der Waals surface area (Å²) in [7, 11) is 0. The molecule has 0 aliphatic heterocycles. The molecule has 0 aliphatic carbocycles. The van der Waals surface area contributed by atoms with Gasteiger partial charge in [0.15, 0.2) is 0 Å². The summed E-state index contributed by atoms with van der Waals surface area (Å²) < 4.78 is 6.81. The van der Waals surface area contributed by atoms with Gasteiger partial charge in [-0.05, 0) is 106 Å². The van der Waals surface area contributed by atoms with Gasteiger partial charge in [-0.1, -0.05) is 158 Å². The van der Waals surface area contributed by atoms with Crippen LogP contribution in [0.3, 0.4) is 0 Å². The van der Waals surface area contributed by atoms with Crippen LogP contribution < -0.4 is 0 Å². The predicted molar refractivity (Wildman–Crippen MR) is 218 cm³/mol. The van der Waals surface area contributed by atoms with E-state index in [4.69, 9.17) is 4.42 Å². The molecule has 1 heteroatoms. The van der Waals surface area contributed by atoms with Gasteiger partial charge in [0.2, 0.25) is 0 Å². The molecule has 0 fully saturated rings. The highest BCUT2D eigenvalue weighted by Gasteiger charge is 2.20. The van der Waals surface area contributed by atoms with E-state index in [1.807, 2.05) is 0 Å². The molecule has 0 radical (unpaired) electrons. The molecule has 0 bridgehead atoms. The first-order valence-electron chi connectivity index (χ1n) is 17.6. The number of hydrogen-bond acceptors (Lipinski definition) is 1. The van der Waals surface area contributed by atoms with E-state index in [0.29, 0.717) is 0 Å². The van der Waals surface area contributed by atoms with E-state index >= 15 is 0 Å². The number of rotatable bonds is 3. The van der Waals surface area contributed by atoms with E-state index in [1.54, 1.807) is 0 Å². The number of benzene rings is 10. The van der Waals surface area contributed by atoms with Crippen molar-refractivity contribution in [2.45, 2.75) is 0 Å². The zero-order chi connectivity index (χ0) is 33.5. The molecule has 1 nitrogen and oxygen atoms in total. The van der Waals surface area contributed by atoms with Crippen LogP contribution in [0.25, 0.3) is 109 Å². The Bertz CT molecular complexity index is 3130. The fraction of sp³-hybridized carbons (Fsp3) is 0. The minimum atomic E-state index is 0.904. The maximum absolute atomic E-state index is 6.81. The maximum atomic E-state index is 6.81. The summed E-state index contributed by atoms with van der Waals surface area (Å²) in [6.45, 7) is 0. The van der Waals surface area contributed by atoms with Gasteiger partial charge in [-0.25, -0.2) is 0 Å². The molecule has 1 heterocycles. The molecule has 10 aromatic carbocycles. The van der Waals surface area contributed by atoms with Gasteiger partial charge < -0.3 is 4.42 Å². The summed E-state index contributed by atoms with van der Waals surface area (Å²) in [5.74, 6) is 0. The standard InChI is InChI=1S/C50H30O/c1-2-14-31(15-3-1)47-39-21-9-11-23-41(39)48(42-24-12-10-22-40(42)47)45-29-34(28-33-16-4-5-17-35(33)45)32-26-27-44-46(30-32)51-50-43-25-13-7-19-37(43)36-18-6-8-20-38(36)49(44)50/h1-30H. The lowest BCUT2D eigenvalue weighted by Gasteiger charge is -2.19. The molecule has 236 valence electrons. The van der Waals surface area contributed by atoms with Gasteiger partial charge in [0.05, 0.1) is 0 Å². The predicted octanol–water partition coefficient (Wildman–Crippen LogP) is 14.4. The molecule has 51 heavy (non-hydrogen) atoms. The third-order valence-corrected chi connectivity index (χ3v) is 10.8. The van der Waals surface area contributed by atoms with Crippen LogP contribution in [-0.4, -0.2) is 0 Å². The number of furan rings is 1. The Morgan fingerprint density at radius 2 is 0.824 bits per heavy atom. The molecule has 1 aromatic heterocycles. The Labute approximate surface area is 294 Å². The Kier molecular flexibility index (Phi) is 6.02. The van der Waals surface area contributed by atoms with Crippen molar-refractivity contribution in [2.24, 2.45) is 0 Å². The first kappa shape index (κ1) is 28.2. The lowest BCUT2D eigenvalue weighted by molar-refractivity contribution is 0.673. The fourth-order valence-corrected chi connectivity index (χ4v) is 8.60. The third-order valence-electron chi connectivity index (χ3n) is 10.8. The van der Waals surface area contributed by atoms with Crippen molar-refractivity contribution in [1.82, 2.24) is 0 Å². The highest BCUT2D eigenvalue weighted by atomic mass is 16.3. The van der Waals surface area contributed by atoms with Crippen molar-refractivity contribution in [3.05, 3.63) is 182 Å². The minimum Gasteiger partial charge on any atom is -0.455 e. The SMILES string of the molecule is c1ccc(-c2c3ccccc3c(-c3cc(-c4ccc5c(c4)oc4c6ccccc6c6ccccc6c54)cc4ccccc34)c3ccccc23)cc1. The lowest BCUT2D eigenvalue weighted by atomic mass is 9.84. The van der Waals surface area contributed by atoms with Gasteiger partial charge in [-0.15, -0.1) is 0 Å². The van der Waals surface area contributed by atoms with E-state index in [0.717, 1.165) is 27.5 Å². The fourth-order valence-electron chi connectivity index (χ4n) is 8.60. The summed E-state index contributed by atoms with van der Waals surface area (Å²) >= 11 is 0. The number of hydrogen-bond donors (Lipinski definition) is 0. The van der Waals surface area contributed by atoms with Crippen molar-refractivity contribution in [3.8, 4) is 33.4 Å². The summed E-state index contributed by atoms with van der Waals surface area (Å²) in [6.07, 6.45) is 0. The van der Waals surface area contributed by atoms with Crippen molar-refractivity contribution >= 4 is 75.8 Å². The molecule has 0 saturated heterocycles. The van der Waals surface area contributed by atoms with Gasteiger partial charge in [0.25, 0.3) is 0 Å². The second-order valence-electron chi connectivity index (χ2n) is 13.6. The first-order chi connectivity index (χ1) is 25.3. The molecule has 0 N–H and O–H groups in total. The molecule has 0 amide bonds. The normalized spacial score (nSPS) is 11.9. The average molecular weight is 647 g/mol. The molecular formula is C50H30O. The van der Waals surface area contributed by atoms with E-state index in [9.17, 15) is 0 Å². The molecule has 0 unspecified atom stereocenters. The zero-order valence-corrected chi connectivity index (χ0v) is 27.7. The van der Waals surface area contributed by atoms with Crippen LogP contribution in [0.1, 0.15) is 0 Å². The Balaban J connectivity index is 1.20. The van der Waals surface area contributed by atoms with Gasteiger partial charge in [-0.3, -0.25) is 0 Å². The third kappa shape index (κ3) is 4.16. The molecular weight excluding hydrogens is 617 g/mol. The van der Waals surface area contributed by atoms with Gasteiger partial charge >= 0.3 is 0 Å². The van der Waals surface area contributed by atoms with Crippen LogP contribution in [0.4, 0.5) is 0 Å². The van der Waals surface area contributed by atoms with Crippen LogP contribution in [0.15, 0.2) is 186 Å². The van der Waals surface area contributed by atoms with Crippen molar-refractivity contribution in [2.75, 3.05) is 0 Å². The minimum absolute atomic E-state index is 0.904. The van der Waals surface area contributed by atoms with E-state index in [2.05, 4.69) is 182 Å². The van der Waals surface area contributed by atoms with Crippen LogP contribution >= 0.6 is 0 Å². The second-order valence-corrected chi connectivity index (χ2v) is 13.6. The highest BCUT2D eigenvalue weighted by molar-refractivity contribution is 6.30. The highest BCUT2D eigenvalue weighted by Crippen LogP contribution is 2.47. The van der Waals surface area contributed by atoms with E-state index in [-0.39, 0.29) is 0 Å². The Hall–Kier alpha value is -6.70. The largest absolute Gasteiger partial charge is 0.455 e. The molecule has 0 saturated carbocycles. The molecule has 0 spiro atoms. The zero-order valence-electron chi connectivity index (χ0n) is 27.7. The summed E-state index contributed by atoms with van der Waals surface area (Å²) in [4.78, 5) is 0. The molecule has 0 atom stereocenters. The maximum Gasteiger partial charge on any atom is 0.143 e. The van der Waals surface area contributed by atoms with Crippen molar-refractivity contribution in [1.29, 1.82) is 0 Å². The quantitative estimate of drug-likeness (QED) is 0.138. The summed E-state index contributed by atoms with van der Waals surface area (Å²) in [5.41, 5.74) is 9.17. The monoisotopic (exact) mass is 646 g/mol. The smallest absolute Gasteiger partial charge is 0.143 e. The Morgan fingerprint density at radius 3 is 1.51 bits per heavy atom. The summed E-state index contributed by atoms with van der Waals surface area (Å²) in [5, 5.41) is 14.7. The van der Waals surface area contributed by atoms with Crippen LogP contribution in [0, 0.1) is 0 Å². The summed E-state index contributed by atoms with van der Waals surface area (Å²) in [6, 6.07) is 66.2. The van der Waals surface area contributed by atoms with Crippen LogP contribution in [0.5, 0.6) is 0 Å². The van der Waals surface area contributed by atoms with Crippen LogP contribution in [-0.2, 0) is 0 Å². The Morgan fingerprint density at radius 1 is 0.294 bits per heavy atom. The molecule has 11 aromatic rings. The van der Waals surface area contributed by atoms with Crippen LogP contribution in [0.2, 0.25) is 0 Å². The van der Waals surface area contributed by atoms with Crippen molar-refractivity contribution < 1.29 is 4.42 Å². The van der Waals surface area contributed by atoms with Crippen molar-refractivity contribution in [3.63, 3.8) is 0 Å². The van der Waals surface area contributed by atoms with E-state index in [1.165, 1.54) is 81.7 Å². The average Bonchev–Trinajstić information content (AvgIpc) is 3.59. The second kappa shape index (κ2) is 10.9. The van der Waals surface area contributed by atoms with Gasteiger partial charge in [0, 0.05) is 16.2 Å². The lowest BCUT2D eigenvalue weighted by Crippen LogP contribution is -1.92. The van der Waals surface area contributed by atoms with Gasteiger partial charge in [0.1, 0.15) is 11.2 Å². The molecule has 11 rings (SSSR count).